The normalized spacial score (nSPS) is 17.9. The number of anilines is 2. The number of methoxy groups -OCH3 is 2. The molecule has 0 radical (unpaired) electrons. The number of fused-ring (bicyclic) bond motifs is 2. The summed E-state index contributed by atoms with van der Waals surface area (Å²) in [5, 5.41) is 6.45. The van der Waals surface area contributed by atoms with E-state index in [9.17, 15) is 27.6 Å². The standard InChI is InChI=1S/C44H45F3N6O5/c1-51-24-34(32-10-14-48-22-33(32)43(51)56)30-19-39(57-2)35(40(20-30)58-3)25-52-15-11-28-18-27(4-5-29(28)23-52)26-12-16-53(17-13-26)38-8-6-31(21-36(38)44(45,46)47)49-37-7-9-41(54)50-42(37)55/h4-6,8,10,14,18-22,24,26,37,49H,7,9,11-13,15-17,23,25H2,1-3H3,(H,50,54,55). The molecular formula is C44H45F3N6O5. The van der Waals surface area contributed by atoms with Gasteiger partial charge in [-0.3, -0.25) is 29.6 Å². The van der Waals surface area contributed by atoms with Crippen molar-refractivity contribution in [1.29, 1.82) is 0 Å². The summed E-state index contributed by atoms with van der Waals surface area (Å²) in [5.74, 6) is 0.701. The fraction of sp³-hybridized carbons (Fsp3) is 0.364. The molecule has 2 saturated heterocycles. The van der Waals surface area contributed by atoms with Gasteiger partial charge >= 0.3 is 6.18 Å². The van der Waals surface area contributed by atoms with Crippen molar-refractivity contribution in [3.8, 4) is 22.6 Å². The maximum atomic E-state index is 14.4. The first-order valence-corrected chi connectivity index (χ1v) is 19.5. The number of ether oxygens (including phenoxy) is 2. The van der Waals surface area contributed by atoms with Gasteiger partial charge in [-0.15, -0.1) is 0 Å². The van der Waals surface area contributed by atoms with Crippen LogP contribution in [0.25, 0.3) is 21.9 Å². The van der Waals surface area contributed by atoms with Crippen molar-refractivity contribution in [2.45, 2.75) is 63.3 Å². The van der Waals surface area contributed by atoms with Gasteiger partial charge in [0.25, 0.3) is 5.56 Å². The minimum atomic E-state index is -4.58. The predicted octanol–water partition coefficient (Wildman–Crippen LogP) is 6.80. The summed E-state index contributed by atoms with van der Waals surface area (Å²) < 4.78 is 56.5. The van der Waals surface area contributed by atoms with Crippen LogP contribution in [0.2, 0.25) is 0 Å². The number of nitrogens with one attached hydrogen (secondary N) is 2. The summed E-state index contributed by atoms with van der Waals surface area (Å²) >= 11 is 0. The summed E-state index contributed by atoms with van der Waals surface area (Å²) in [6.07, 6.45) is 3.17. The number of alkyl halides is 3. The van der Waals surface area contributed by atoms with Crippen molar-refractivity contribution in [2.75, 3.05) is 44.1 Å². The van der Waals surface area contributed by atoms with Crippen LogP contribution < -0.4 is 30.6 Å². The lowest BCUT2D eigenvalue weighted by atomic mass is 9.86. The lowest BCUT2D eigenvalue weighted by Gasteiger charge is -2.36. The smallest absolute Gasteiger partial charge is 0.418 e. The fourth-order valence-electron chi connectivity index (χ4n) is 8.70. The Morgan fingerprint density at radius 1 is 0.879 bits per heavy atom. The van der Waals surface area contributed by atoms with Crippen LogP contribution in [0, 0.1) is 0 Å². The van der Waals surface area contributed by atoms with E-state index in [-0.39, 0.29) is 41.6 Å². The van der Waals surface area contributed by atoms with Crippen LogP contribution in [0.4, 0.5) is 24.5 Å². The SMILES string of the molecule is COc1cc(-c2cn(C)c(=O)c3cnccc23)cc(OC)c1CN1CCc2cc(C3CCN(c4ccc(NC5CCC(=O)NC5=O)cc4C(F)(F)F)CC3)ccc2C1. The molecule has 5 aromatic rings. The molecule has 14 heteroatoms. The molecule has 0 aliphatic carbocycles. The molecule has 2 aromatic heterocycles. The Labute approximate surface area is 333 Å². The fourth-order valence-corrected chi connectivity index (χ4v) is 8.70. The Bertz CT molecular complexity index is 2430. The zero-order chi connectivity index (χ0) is 40.7. The number of imide groups is 1. The average Bonchev–Trinajstić information content (AvgIpc) is 3.22. The number of pyridine rings is 2. The Hall–Kier alpha value is -5.89. The van der Waals surface area contributed by atoms with E-state index in [0.29, 0.717) is 36.5 Å². The molecule has 1 atom stereocenters. The Kier molecular flexibility index (Phi) is 10.6. The summed E-state index contributed by atoms with van der Waals surface area (Å²) in [6, 6.07) is 15.8. The van der Waals surface area contributed by atoms with Crippen LogP contribution in [0.3, 0.4) is 0 Å². The third-order valence-electron chi connectivity index (χ3n) is 11.8. The summed E-state index contributed by atoms with van der Waals surface area (Å²) in [6.45, 7) is 3.15. The first kappa shape index (κ1) is 39.0. The third kappa shape index (κ3) is 7.72. The molecule has 1 unspecified atom stereocenters. The van der Waals surface area contributed by atoms with E-state index in [4.69, 9.17) is 9.47 Å². The molecule has 2 amide bonds. The van der Waals surface area contributed by atoms with Gasteiger partial charge in [0, 0.05) is 81.7 Å². The van der Waals surface area contributed by atoms with E-state index in [1.165, 1.54) is 22.8 Å². The number of aromatic nitrogens is 2. The van der Waals surface area contributed by atoms with Gasteiger partial charge in [0.2, 0.25) is 11.8 Å². The highest BCUT2D eigenvalue weighted by Crippen LogP contribution is 2.42. The number of rotatable bonds is 9. The lowest BCUT2D eigenvalue weighted by Crippen LogP contribution is -2.47. The molecule has 302 valence electrons. The quantitative estimate of drug-likeness (QED) is 0.156. The number of piperidine rings is 2. The van der Waals surface area contributed by atoms with E-state index in [2.05, 4.69) is 38.7 Å². The monoisotopic (exact) mass is 794 g/mol. The van der Waals surface area contributed by atoms with Gasteiger partial charge in [0.05, 0.1) is 30.7 Å². The summed E-state index contributed by atoms with van der Waals surface area (Å²) in [7, 11) is 5.03. The van der Waals surface area contributed by atoms with Crippen molar-refractivity contribution in [3.63, 3.8) is 0 Å². The molecule has 5 heterocycles. The number of aryl methyl sites for hydroxylation is 1. The molecule has 0 spiro atoms. The zero-order valence-corrected chi connectivity index (χ0v) is 32.6. The minimum Gasteiger partial charge on any atom is -0.496 e. The molecule has 2 fully saturated rings. The Morgan fingerprint density at radius 2 is 1.64 bits per heavy atom. The molecule has 3 aliphatic rings. The summed E-state index contributed by atoms with van der Waals surface area (Å²) in [4.78, 5) is 44.9. The number of nitrogens with zero attached hydrogens (tertiary/aromatic N) is 4. The van der Waals surface area contributed by atoms with E-state index in [0.717, 1.165) is 60.5 Å². The van der Waals surface area contributed by atoms with E-state index < -0.39 is 23.7 Å². The van der Waals surface area contributed by atoms with Crippen molar-refractivity contribution >= 4 is 34.0 Å². The zero-order valence-electron chi connectivity index (χ0n) is 32.6. The van der Waals surface area contributed by atoms with Crippen LogP contribution in [-0.4, -0.2) is 66.2 Å². The summed E-state index contributed by atoms with van der Waals surface area (Å²) in [5.41, 5.74) is 5.88. The number of hydrogen-bond donors (Lipinski definition) is 2. The maximum Gasteiger partial charge on any atom is 0.418 e. The van der Waals surface area contributed by atoms with E-state index in [1.54, 1.807) is 44.3 Å². The van der Waals surface area contributed by atoms with Gasteiger partial charge < -0.3 is 24.3 Å². The average molecular weight is 795 g/mol. The molecule has 8 rings (SSSR count). The molecule has 0 saturated carbocycles. The van der Waals surface area contributed by atoms with Crippen molar-refractivity contribution in [1.82, 2.24) is 19.8 Å². The molecule has 3 aromatic carbocycles. The molecule has 58 heavy (non-hydrogen) atoms. The topological polar surface area (TPSA) is 118 Å². The lowest BCUT2D eigenvalue weighted by molar-refractivity contribution is -0.137. The van der Waals surface area contributed by atoms with Crippen LogP contribution in [0.15, 0.2) is 78.0 Å². The highest BCUT2D eigenvalue weighted by molar-refractivity contribution is 6.01. The van der Waals surface area contributed by atoms with Crippen LogP contribution in [0.5, 0.6) is 11.5 Å². The number of carbonyl (C=O) groups is 2. The molecule has 2 N–H and O–H groups in total. The first-order valence-electron chi connectivity index (χ1n) is 19.5. The molecule has 11 nitrogen and oxygen atoms in total. The first-order chi connectivity index (χ1) is 27.9. The van der Waals surface area contributed by atoms with Gasteiger partial charge in [0.15, 0.2) is 0 Å². The van der Waals surface area contributed by atoms with E-state index >= 15 is 0 Å². The van der Waals surface area contributed by atoms with Gasteiger partial charge in [-0.25, -0.2) is 0 Å². The van der Waals surface area contributed by atoms with Crippen LogP contribution in [0.1, 0.15) is 59.4 Å². The largest absolute Gasteiger partial charge is 0.496 e. The van der Waals surface area contributed by atoms with Gasteiger partial charge in [-0.2, -0.15) is 13.2 Å². The Balaban J connectivity index is 0.938. The van der Waals surface area contributed by atoms with Gasteiger partial charge in [-0.05, 0) is 95.6 Å². The van der Waals surface area contributed by atoms with Crippen LogP contribution >= 0.6 is 0 Å². The maximum absolute atomic E-state index is 14.4. The number of benzene rings is 3. The third-order valence-corrected chi connectivity index (χ3v) is 11.8. The van der Waals surface area contributed by atoms with Crippen LogP contribution in [-0.2, 0) is 42.3 Å². The Morgan fingerprint density at radius 3 is 2.34 bits per heavy atom. The molecular weight excluding hydrogens is 750 g/mol. The predicted molar refractivity (Wildman–Crippen MR) is 215 cm³/mol. The molecule has 3 aliphatic heterocycles. The van der Waals surface area contributed by atoms with Gasteiger partial charge in [0.1, 0.15) is 17.5 Å². The second-order valence-electron chi connectivity index (χ2n) is 15.4. The van der Waals surface area contributed by atoms with Crippen molar-refractivity contribution in [2.24, 2.45) is 7.05 Å². The molecule has 0 bridgehead atoms. The number of amides is 2. The van der Waals surface area contributed by atoms with E-state index in [1.807, 2.05) is 29.3 Å². The number of halogens is 3. The van der Waals surface area contributed by atoms with Gasteiger partial charge in [-0.1, -0.05) is 18.2 Å². The number of carbonyl (C=O) groups excluding carboxylic acids is 2. The minimum absolute atomic E-state index is 0.115. The van der Waals surface area contributed by atoms with Crippen molar-refractivity contribution < 1.29 is 32.2 Å². The van der Waals surface area contributed by atoms with Crippen molar-refractivity contribution in [3.05, 3.63) is 111 Å². The highest BCUT2D eigenvalue weighted by Gasteiger charge is 2.37. The second kappa shape index (κ2) is 15.8. The highest BCUT2D eigenvalue weighted by atomic mass is 19.4. The second-order valence-corrected chi connectivity index (χ2v) is 15.4. The number of hydrogen-bond acceptors (Lipinski definition) is 9.